The van der Waals surface area contributed by atoms with E-state index in [0.29, 0.717) is 31.7 Å². The molecule has 108 valence electrons. The summed E-state index contributed by atoms with van der Waals surface area (Å²) in [6.07, 6.45) is 0. The van der Waals surface area contributed by atoms with E-state index in [1.165, 1.54) is 29.3 Å². The van der Waals surface area contributed by atoms with Gasteiger partial charge in [0.25, 0.3) is 5.91 Å². The third-order valence-electron chi connectivity index (χ3n) is 3.51. The third-order valence-corrected chi connectivity index (χ3v) is 3.51. The zero-order chi connectivity index (χ0) is 14.7. The molecule has 0 aliphatic carbocycles. The molecule has 0 aromatic heterocycles. The van der Waals surface area contributed by atoms with E-state index in [9.17, 15) is 14.0 Å². The largest absolute Gasteiger partial charge is 0.340 e. The Bertz CT molecular complexity index is 496. The minimum Gasteiger partial charge on any atom is -0.340 e. The van der Waals surface area contributed by atoms with Crippen molar-refractivity contribution in [3.8, 4) is 0 Å². The van der Waals surface area contributed by atoms with Gasteiger partial charge in [0.15, 0.2) is 0 Å². The molecular formula is C14H18FN3O2. The zero-order valence-electron chi connectivity index (χ0n) is 11.7. The Hall–Kier alpha value is -1.95. The van der Waals surface area contributed by atoms with Gasteiger partial charge in [0.2, 0.25) is 5.91 Å². The molecule has 1 fully saturated rings. The predicted octanol–water partition coefficient (Wildman–Crippen LogP) is 0.977. The smallest absolute Gasteiger partial charge is 0.267 e. The fraction of sp³-hybridized carbons (Fsp3) is 0.429. The molecule has 5 nitrogen and oxygen atoms in total. The minimum absolute atomic E-state index is 0.0529. The summed E-state index contributed by atoms with van der Waals surface area (Å²) < 4.78 is 12.9. The average Bonchev–Trinajstić information content (AvgIpc) is 2.46. The fourth-order valence-electron chi connectivity index (χ4n) is 2.22. The second-order valence-corrected chi connectivity index (χ2v) is 4.80. The number of halogens is 1. The number of amides is 2. The topological polar surface area (TPSA) is 43.9 Å². The van der Waals surface area contributed by atoms with Gasteiger partial charge in [-0.05, 0) is 24.3 Å². The second kappa shape index (κ2) is 6.00. The SMILES string of the molecule is CC(=O)N1CCN(N(C)C(=O)c2ccc(F)cc2)CC1. The van der Waals surface area contributed by atoms with Gasteiger partial charge in [-0.1, -0.05) is 0 Å². The molecule has 0 unspecified atom stereocenters. The van der Waals surface area contributed by atoms with Gasteiger partial charge in [-0.15, -0.1) is 0 Å². The van der Waals surface area contributed by atoms with Crippen molar-refractivity contribution in [2.45, 2.75) is 6.92 Å². The van der Waals surface area contributed by atoms with E-state index in [1.54, 1.807) is 18.9 Å². The second-order valence-electron chi connectivity index (χ2n) is 4.80. The van der Waals surface area contributed by atoms with Gasteiger partial charge in [-0.3, -0.25) is 14.6 Å². The lowest BCUT2D eigenvalue weighted by atomic mass is 10.2. The number of hydrogen-bond donors (Lipinski definition) is 0. The molecule has 0 saturated carbocycles. The Morgan fingerprint density at radius 2 is 1.65 bits per heavy atom. The summed E-state index contributed by atoms with van der Waals surface area (Å²) in [7, 11) is 1.69. The molecule has 0 radical (unpaired) electrons. The van der Waals surface area contributed by atoms with Gasteiger partial charge < -0.3 is 4.90 Å². The summed E-state index contributed by atoms with van der Waals surface area (Å²) in [5, 5.41) is 3.43. The molecule has 1 saturated heterocycles. The standard InChI is InChI=1S/C14H18FN3O2/c1-11(19)17-7-9-18(10-8-17)16(2)14(20)12-3-5-13(15)6-4-12/h3-6H,7-10H2,1-2H3. The van der Waals surface area contributed by atoms with Crippen molar-refractivity contribution < 1.29 is 14.0 Å². The number of carbonyl (C=O) groups is 2. The van der Waals surface area contributed by atoms with Crippen LogP contribution in [0.2, 0.25) is 0 Å². The van der Waals surface area contributed by atoms with Crippen LogP contribution in [-0.4, -0.2) is 60.0 Å². The van der Waals surface area contributed by atoms with Gasteiger partial charge >= 0.3 is 0 Å². The molecule has 2 rings (SSSR count). The van der Waals surface area contributed by atoms with E-state index >= 15 is 0 Å². The molecule has 0 bridgehead atoms. The monoisotopic (exact) mass is 279 g/mol. The number of piperazine rings is 1. The highest BCUT2D eigenvalue weighted by atomic mass is 19.1. The van der Waals surface area contributed by atoms with Crippen molar-refractivity contribution >= 4 is 11.8 Å². The lowest BCUT2D eigenvalue weighted by Gasteiger charge is -2.39. The first-order valence-electron chi connectivity index (χ1n) is 6.53. The zero-order valence-corrected chi connectivity index (χ0v) is 11.7. The number of hydrazine groups is 1. The third kappa shape index (κ3) is 3.14. The predicted molar refractivity (Wildman–Crippen MR) is 72.3 cm³/mol. The molecule has 0 atom stereocenters. The Morgan fingerprint density at radius 3 is 2.15 bits per heavy atom. The number of hydrogen-bond acceptors (Lipinski definition) is 3. The van der Waals surface area contributed by atoms with Crippen molar-refractivity contribution in [3.63, 3.8) is 0 Å². The Balaban J connectivity index is 1.98. The number of benzene rings is 1. The average molecular weight is 279 g/mol. The van der Waals surface area contributed by atoms with Crippen LogP contribution < -0.4 is 0 Å². The molecule has 1 aromatic rings. The van der Waals surface area contributed by atoms with Crippen LogP contribution in [0.25, 0.3) is 0 Å². The van der Waals surface area contributed by atoms with E-state index in [0.717, 1.165) is 0 Å². The highest BCUT2D eigenvalue weighted by molar-refractivity contribution is 5.93. The lowest BCUT2D eigenvalue weighted by Crippen LogP contribution is -2.55. The Labute approximate surface area is 117 Å². The molecule has 0 spiro atoms. The molecule has 1 aromatic carbocycles. The summed E-state index contributed by atoms with van der Waals surface area (Å²) in [5.41, 5.74) is 0.447. The molecule has 6 heteroatoms. The van der Waals surface area contributed by atoms with Gasteiger partial charge in [0.1, 0.15) is 5.82 Å². The van der Waals surface area contributed by atoms with Gasteiger partial charge in [0.05, 0.1) is 0 Å². The summed E-state index contributed by atoms with van der Waals surface area (Å²) in [6, 6.07) is 5.49. The normalized spacial score (nSPS) is 16.1. The molecule has 2 amide bonds. The first kappa shape index (κ1) is 14.5. The maximum absolute atomic E-state index is 12.9. The van der Waals surface area contributed by atoms with Gasteiger partial charge in [-0.2, -0.15) is 0 Å². The summed E-state index contributed by atoms with van der Waals surface area (Å²) >= 11 is 0. The van der Waals surface area contributed by atoms with Crippen LogP contribution in [0, 0.1) is 5.82 Å². The van der Waals surface area contributed by atoms with Crippen molar-refractivity contribution in [1.29, 1.82) is 0 Å². The maximum Gasteiger partial charge on any atom is 0.267 e. The molecule has 0 N–H and O–H groups in total. The van der Waals surface area contributed by atoms with Crippen LogP contribution in [-0.2, 0) is 4.79 Å². The van der Waals surface area contributed by atoms with E-state index in [4.69, 9.17) is 0 Å². The summed E-state index contributed by atoms with van der Waals surface area (Å²) in [4.78, 5) is 25.3. The van der Waals surface area contributed by atoms with Crippen LogP contribution in [0.5, 0.6) is 0 Å². The minimum atomic E-state index is -0.362. The van der Waals surface area contributed by atoms with Gasteiger partial charge in [0, 0.05) is 45.7 Å². The fourth-order valence-corrected chi connectivity index (χ4v) is 2.22. The molecule has 1 aliphatic heterocycles. The van der Waals surface area contributed by atoms with Crippen LogP contribution in [0.3, 0.4) is 0 Å². The highest BCUT2D eigenvalue weighted by Gasteiger charge is 2.24. The van der Waals surface area contributed by atoms with E-state index in [1.807, 2.05) is 5.01 Å². The Morgan fingerprint density at radius 1 is 1.10 bits per heavy atom. The van der Waals surface area contributed by atoms with Gasteiger partial charge in [-0.25, -0.2) is 9.40 Å². The number of carbonyl (C=O) groups excluding carboxylic acids is 2. The molecule has 1 aliphatic rings. The van der Waals surface area contributed by atoms with Crippen molar-refractivity contribution in [2.24, 2.45) is 0 Å². The quantitative estimate of drug-likeness (QED) is 0.810. The van der Waals surface area contributed by atoms with Crippen LogP contribution in [0.1, 0.15) is 17.3 Å². The van der Waals surface area contributed by atoms with E-state index in [2.05, 4.69) is 0 Å². The summed E-state index contributed by atoms with van der Waals surface area (Å²) in [5.74, 6) is -0.488. The maximum atomic E-state index is 12.9. The first-order chi connectivity index (χ1) is 9.49. The number of rotatable bonds is 2. The summed E-state index contributed by atoms with van der Waals surface area (Å²) in [6.45, 7) is 3.99. The lowest BCUT2D eigenvalue weighted by molar-refractivity contribution is -0.132. The van der Waals surface area contributed by atoms with E-state index in [-0.39, 0.29) is 17.6 Å². The van der Waals surface area contributed by atoms with E-state index < -0.39 is 0 Å². The Kier molecular flexibility index (Phi) is 4.34. The molecule has 1 heterocycles. The van der Waals surface area contributed by atoms with Crippen molar-refractivity contribution in [2.75, 3.05) is 33.2 Å². The van der Waals surface area contributed by atoms with Crippen LogP contribution in [0.15, 0.2) is 24.3 Å². The van der Waals surface area contributed by atoms with Crippen LogP contribution in [0.4, 0.5) is 4.39 Å². The number of nitrogens with zero attached hydrogens (tertiary/aromatic N) is 3. The van der Waals surface area contributed by atoms with Crippen molar-refractivity contribution in [3.05, 3.63) is 35.6 Å². The van der Waals surface area contributed by atoms with Crippen LogP contribution >= 0.6 is 0 Å². The first-order valence-corrected chi connectivity index (χ1v) is 6.53. The molecule has 20 heavy (non-hydrogen) atoms. The van der Waals surface area contributed by atoms with Crippen molar-refractivity contribution in [1.82, 2.24) is 14.9 Å². The molecular weight excluding hydrogens is 261 g/mol. The highest BCUT2D eigenvalue weighted by Crippen LogP contribution is 2.10.